The maximum absolute atomic E-state index is 12.5. The van der Waals surface area contributed by atoms with Gasteiger partial charge in [0.05, 0.1) is 5.69 Å². The summed E-state index contributed by atoms with van der Waals surface area (Å²) in [5.41, 5.74) is 3.88. The van der Waals surface area contributed by atoms with Crippen molar-refractivity contribution in [2.75, 3.05) is 6.54 Å². The van der Waals surface area contributed by atoms with Crippen molar-refractivity contribution in [1.29, 1.82) is 0 Å². The first-order valence-corrected chi connectivity index (χ1v) is 8.36. The first-order valence-electron chi connectivity index (χ1n) is 8.36. The molecule has 1 aliphatic carbocycles. The van der Waals surface area contributed by atoms with E-state index in [0.29, 0.717) is 12.1 Å². The van der Waals surface area contributed by atoms with E-state index in [4.69, 9.17) is 0 Å². The van der Waals surface area contributed by atoms with Gasteiger partial charge in [-0.2, -0.15) is 0 Å². The highest BCUT2D eigenvalue weighted by Crippen LogP contribution is 2.47. The topological polar surface area (TPSA) is 72.7 Å². The summed E-state index contributed by atoms with van der Waals surface area (Å²) in [4.78, 5) is 12.5. The standard InChI is InChI=1S/C19H19N5O/c1-14-11-15(7-8-17(14)24-13-21-22-23-24)18(25)20-12-19(9-10-19)16-5-3-2-4-6-16/h2-8,11,13H,9-10,12H2,1H3,(H,20,25). The fourth-order valence-corrected chi connectivity index (χ4v) is 3.19. The first kappa shape index (κ1) is 15.5. The Morgan fingerprint density at radius 1 is 1.20 bits per heavy atom. The van der Waals surface area contributed by atoms with E-state index < -0.39 is 0 Å². The Balaban J connectivity index is 1.46. The number of hydrogen-bond donors (Lipinski definition) is 1. The molecule has 0 radical (unpaired) electrons. The maximum atomic E-state index is 12.5. The normalized spacial score (nSPS) is 14.9. The van der Waals surface area contributed by atoms with Crippen LogP contribution in [0.2, 0.25) is 0 Å². The molecule has 0 saturated heterocycles. The zero-order chi connectivity index (χ0) is 17.3. The van der Waals surface area contributed by atoms with Gasteiger partial charge < -0.3 is 5.32 Å². The number of carbonyl (C=O) groups excluding carboxylic acids is 1. The van der Waals surface area contributed by atoms with Crippen molar-refractivity contribution in [1.82, 2.24) is 25.5 Å². The summed E-state index contributed by atoms with van der Waals surface area (Å²) in [5.74, 6) is -0.0476. The average Bonchev–Trinajstić information content (AvgIpc) is 3.25. The Hall–Kier alpha value is -3.02. The molecule has 25 heavy (non-hydrogen) atoms. The number of benzene rings is 2. The Kier molecular flexibility index (Phi) is 3.80. The second-order valence-corrected chi connectivity index (χ2v) is 6.58. The Morgan fingerprint density at radius 2 is 2.00 bits per heavy atom. The van der Waals surface area contributed by atoms with Crippen molar-refractivity contribution < 1.29 is 4.79 Å². The molecule has 1 saturated carbocycles. The van der Waals surface area contributed by atoms with Crippen LogP contribution >= 0.6 is 0 Å². The maximum Gasteiger partial charge on any atom is 0.251 e. The fourth-order valence-electron chi connectivity index (χ4n) is 3.19. The Labute approximate surface area is 145 Å². The minimum absolute atomic E-state index is 0.0476. The lowest BCUT2D eigenvalue weighted by atomic mass is 9.96. The van der Waals surface area contributed by atoms with Gasteiger partial charge in [0.1, 0.15) is 6.33 Å². The van der Waals surface area contributed by atoms with Crippen molar-refractivity contribution in [3.63, 3.8) is 0 Å². The van der Waals surface area contributed by atoms with Crippen molar-refractivity contribution in [3.8, 4) is 5.69 Å². The number of hydrogen-bond acceptors (Lipinski definition) is 4. The highest BCUT2D eigenvalue weighted by molar-refractivity contribution is 5.94. The van der Waals surface area contributed by atoms with Crippen LogP contribution in [-0.4, -0.2) is 32.7 Å². The summed E-state index contributed by atoms with van der Waals surface area (Å²) in [7, 11) is 0. The minimum Gasteiger partial charge on any atom is -0.351 e. The molecule has 1 aliphatic rings. The Morgan fingerprint density at radius 3 is 2.64 bits per heavy atom. The summed E-state index contributed by atoms with van der Waals surface area (Å²) in [6, 6.07) is 16.0. The molecular formula is C19H19N5O. The van der Waals surface area contributed by atoms with Crippen LogP contribution in [0.5, 0.6) is 0 Å². The molecule has 6 heteroatoms. The number of aryl methyl sites for hydroxylation is 1. The lowest BCUT2D eigenvalue weighted by molar-refractivity contribution is 0.0949. The van der Waals surface area contributed by atoms with Gasteiger partial charge in [-0.15, -0.1) is 5.10 Å². The SMILES string of the molecule is Cc1cc(C(=O)NCC2(c3ccccc3)CC2)ccc1-n1cnnn1. The van der Waals surface area contributed by atoms with E-state index in [1.54, 1.807) is 17.1 Å². The van der Waals surface area contributed by atoms with Gasteiger partial charge in [0.15, 0.2) is 0 Å². The molecule has 4 rings (SSSR count). The molecule has 3 aromatic rings. The van der Waals surface area contributed by atoms with Crippen LogP contribution in [0.25, 0.3) is 5.69 Å². The number of amides is 1. The Bertz CT molecular complexity index is 885. The average molecular weight is 333 g/mol. The van der Waals surface area contributed by atoms with Crippen LogP contribution < -0.4 is 5.32 Å². The van der Waals surface area contributed by atoms with Gasteiger partial charge in [0, 0.05) is 17.5 Å². The van der Waals surface area contributed by atoms with Gasteiger partial charge in [-0.05, 0) is 59.5 Å². The van der Waals surface area contributed by atoms with Crippen LogP contribution in [-0.2, 0) is 5.41 Å². The summed E-state index contributed by atoms with van der Waals surface area (Å²) in [6.07, 6.45) is 3.78. The molecule has 2 aromatic carbocycles. The van der Waals surface area contributed by atoms with Gasteiger partial charge in [-0.25, -0.2) is 4.68 Å². The van der Waals surface area contributed by atoms with Crippen molar-refractivity contribution in [3.05, 3.63) is 71.5 Å². The molecule has 0 atom stereocenters. The highest BCUT2D eigenvalue weighted by atomic mass is 16.1. The van der Waals surface area contributed by atoms with Gasteiger partial charge in [0.25, 0.3) is 5.91 Å². The summed E-state index contributed by atoms with van der Waals surface area (Å²) < 4.78 is 1.59. The zero-order valence-electron chi connectivity index (χ0n) is 14.0. The van der Waals surface area contributed by atoms with E-state index in [1.807, 2.05) is 25.1 Å². The van der Waals surface area contributed by atoms with Crippen LogP contribution in [0.1, 0.15) is 34.3 Å². The smallest absolute Gasteiger partial charge is 0.251 e. The van der Waals surface area contributed by atoms with E-state index in [2.05, 4.69) is 45.1 Å². The predicted molar refractivity (Wildman–Crippen MR) is 93.6 cm³/mol. The molecule has 1 amide bonds. The van der Waals surface area contributed by atoms with Crippen molar-refractivity contribution >= 4 is 5.91 Å². The van der Waals surface area contributed by atoms with Crippen molar-refractivity contribution in [2.45, 2.75) is 25.2 Å². The molecule has 1 fully saturated rings. The van der Waals surface area contributed by atoms with E-state index >= 15 is 0 Å². The third-order valence-electron chi connectivity index (χ3n) is 4.88. The number of rotatable bonds is 5. The van der Waals surface area contributed by atoms with E-state index in [9.17, 15) is 4.79 Å². The molecule has 0 bridgehead atoms. The highest BCUT2D eigenvalue weighted by Gasteiger charge is 2.44. The quantitative estimate of drug-likeness (QED) is 0.778. The van der Waals surface area contributed by atoms with Gasteiger partial charge in [-0.1, -0.05) is 30.3 Å². The molecule has 0 spiro atoms. The minimum atomic E-state index is -0.0476. The summed E-state index contributed by atoms with van der Waals surface area (Å²) >= 11 is 0. The molecule has 0 unspecified atom stereocenters. The van der Waals surface area contributed by atoms with Gasteiger partial charge in [-0.3, -0.25) is 4.79 Å². The van der Waals surface area contributed by atoms with E-state index in [-0.39, 0.29) is 11.3 Å². The monoisotopic (exact) mass is 333 g/mol. The molecule has 0 aliphatic heterocycles. The van der Waals surface area contributed by atoms with E-state index in [0.717, 1.165) is 24.1 Å². The molecule has 126 valence electrons. The lowest BCUT2D eigenvalue weighted by Gasteiger charge is -2.17. The van der Waals surface area contributed by atoms with Gasteiger partial charge >= 0.3 is 0 Å². The molecule has 6 nitrogen and oxygen atoms in total. The van der Waals surface area contributed by atoms with Crippen LogP contribution in [0.15, 0.2) is 54.9 Å². The molecule has 1 aromatic heterocycles. The zero-order valence-corrected chi connectivity index (χ0v) is 14.0. The summed E-state index contributed by atoms with van der Waals surface area (Å²) in [5, 5.41) is 14.3. The van der Waals surface area contributed by atoms with E-state index in [1.165, 1.54) is 5.56 Å². The second kappa shape index (κ2) is 6.12. The van der Waals surface area contributed by atoms with Crippen LogP contribution in [0.4, 0.5) is 0 Å². The van der Waals surface area contributed by atoms with Crippen LogP contribution in [0, 0.1) is 6.92 Å². The number of tetrazole rings is 1. The number of carbonyl (C=O) groups is 1. The van der Waals surface area contributed by atoms with Crippen LogP contribution in [0.3, 0.4) is 0 Å². The largest absolute Gasteiger partial charge is 0.351 e. The van der Waals surface area contributed by atoms with Crippen molar-refractivity contribution in [2.24, 2.45) is 0 Å². The molecule has 1 N–H and O–H groups in total. The summed E-state index contributed by atoms with van der Waals surface area (Å²) in [6.45, 7) is 2.61. The first-order chi connectivity index (χ1) is 12.2. The number of nitrogens with one attached hydrogen (secondary N) is 1. The third-order valence-corrected chi connectivity index (χ3v) is 4.88. The van der Waals surface area contributed by atoms with Gasteiger partial charge in [0.2, 0.25) is 0 Å². The lowest BCUT2D eigenvalue weighted by Crippen LogP contribution is -2.32. The molecular weight excluding hydrogens is 314 g/mol. The predicted octanol–water partition coefficient (Wildman–Crippen LogP) is 2.43. The number of nitrogens with zero attached hydrogens (tertiary/aromatic N) is 4. The fraction of sp³-hybridized carbons (Fsp3) is 0.263. The third kappa shape index (κ3) is 3.03. The second-order valence-electron chi connectivity index (χ2n) is 6.58. The molecule has 1 heterocycles. The number of aromatic nitrogens is 4.